The zero-order chi connectivity index (χ0) is 15.2. The van der Waals surface area contributed by atoms with E-state index in [2.05, 4.69) is 10.3 Å². The van der Waals surface area contributed by atoms with Gasteiger partial charge in [-0.25, -0.2) is 4.98 Å². The number of nitrogens with one attached hydrogen (secondary N) is 1. The summed E-state index contributed by atoms with van der Waals surface area (Å²) in [7, 11) is 0. The van der Waals surface area contributed by atoms with Crippen LogP contribution in [0.5, 0.6) is 0 Å². The van der Waals surface area contributed by atoms with Crippen LogP contribution in [0, 0.1) is 12.8 Å². The summed E-state index contributed by atoms with van der Waals surface area (Å²) in [5.74, 6) is 0.737. The molecule has 7 heteroatoms. The summed E-state index contributed by atoms with van der Waals surface area (Å²) in [4.78, 5) is 24.8. The number of hydrogen-bond donors (Lipinski definition) is 2. The van der Waals surface area contributed by atoms with Crippen molar-refractivity contribution in [3.63, 3.8) is 0 Å². The van der Waals surface area contributed by atoms with Crippen molar-refractivity contribution in [2.75, 3.05) is 18.5 Å². The minimum atomic E-state index is -0.250. The molecule has 3 heterocycles. The lowest BCUT2D eigenvalue weighted by Gasteiger charge is -2.10. The molecule has 2 aromatic rings. The van der Waals surface area contributed by atoms with Gasteiger partial charge in [-0.05, 0) is 25.5 Å². The van der Waals surface area contributed by atoms with Gasteiger partial charge in [0, 0.05) is 12.8 Å². The van der Waals surface area contributed by atoms with Gasteiger partial charge in [0.05, 0.1) is 18.2 Å². The van der Waals surface area contributed by atoms with E-state index in [0.29, 0.717) is 13.2 Å². The van der Waals surface area contributed by atoms with Crippen LogP contribution < -0.4 is 5.32 Å². The number of imidazole rings is 1. The maximum absolute atomic E-state index is 12.0. The molecule has 1 saturated heterocycles. The Morgan fingerprint density at radius 1 is 1.57 bits per heavy atom. The SMILES string of the molecule is Cc1cn2c(NC(=O)C3CCOC3)cccc2n1.O=CO. The Hall–Kier alpha value is -2.41. The summed E-state index contributed by atoms with van der Waals surface area (Å²) < 4.78 is 7.12. The van der Waals surface area contributed by atoms with Crippen molar-refractivity contribution in [2.24, 2.45) is 5.92 Å². The van der Waals surface area contributed by atoms with Gasteiger partial charge in [0.25, 0.3) is 6.47 Å². The van der Waals surface area contributed by atoms with Gasteiger partial charge in [0.15, 0.2) is 0 Å². The summed E-state index contributed by atoms with van der Waals surface area (Å²) in [5.41, 5.74) is 1.77. The second-order valence-corrected chi connectivity index (χ2v) is 4.68. The molecular formula is C14H17N3O4. The number of carbonyl (C=O) groups is 2. The summed E-state index contributed by atoms with van der Waals surface area (Å²) in [5, 5.41) is 9.83. The fraction of sp³-hybridized carbons (Fsp3) is 0.357. The van der Waals surface area contributed by atoms with E-state index in [0.717, 1.165) is 23.6 Å². The van der Waals surface area contributed by atoms with Gasteiger partial charge in [0.2, 0.25) is 5.91 Å². The van der Waals surface area contributed by atoms with Gasteiger partial charge >= 0.3 is 0 Å². The number of pyridine rings is 1. The molecule has 0 spiro atoms. The van der Waals surface area contributed by atoms with Crippen LogP contribution in [-0.4, -0.2) is 40.1 Å². The fourth-order valence-electron chi connectivity index (χ4n) is 2.20. The number of aryl methyl sites for hydroxylation is 1. The van der Waals surface area contributed by atoms with Gasteiger partial charge in [0.1, 0.15) is 11.5 Å². The molecule has 1 fully saturated rings. The molecule has 1 atom stereocenters. The van der Waals surface area contributed by atoms with Gasteiger partial charge in [-0.1, -0.05) is 6.07 Å². The number of hydrogen-bond acceptors (Lipinski definition) is 4. The second-order valence-electron chi connectivity index (χ2n) is 4.68. The number of fused-ring (bicyclic) bond motifs is 1. The molecular weight excluding hydrogens is 274 g/mol. The van der Waals surface area contributed by atoms with Crippen LogP contribution in [0.1, 0.15) is 12.1 Å². The van der Waals surface area contributed by atoms with Crippen LogP contribution in [0.15, 0.2) is 24.4 Å². The van der Waals surface area contributed by atoms with Crippen LogP contribution in [0.2, 0.25) is 0 Å². The normalized spacial score (nSPS) is 17.1. The minimum Gasteiger partial charge on any atom is -0.483 e. The van der Waals surface area contributed by atoms with Crippen molar-refractivity contribution in [3.05, 3.63) is 30.1 Å². The Morgan fingerprint density at radius 3 is 3.00 bits per heavy atom. The molecule has 1 amide bonds. The first kappa shape index (κ1) is 15.0. The molecule has 1 aliphatic heterocycles. The summed E-state index contributed by atoms with van der Waals surface area (Å²) in [6, 6.07) is 5.69. The van der Waals surface area contributed by atoms with E-state index >= 15 is 0 Å². The molecule has 112 valence electrons. The van der Waals surface area contributed by atoms with E-state index in [1.165, 1.54) is 0 Å². The highest BCUT2D eigenvalue weighted by Gasteiger charge is 2.23. The highest BCUT2D eigenvalue weighted by molar-refractivity contribution is 5.92. The third kappa shape index (κ3) is 3.57. The van der Waals surface area contributed by atoms with Crippen LogP contribution in [-0.2, 0) is 14.3 Å². The molecule has 2 aromatic heterocycles. The van der Waals surface area contributed by atoms with Gasteiger partial charge < -0.3 is 15.2 Å². The second kappa shape index (κ2) is 6.85. The Kier molecular flexibility index (Phi) is 4.89. The van der Waals surface area contributed by atoms with Crippen molar-refractivity contribution in [2.45, 2.75) is 13.3 Å². The van der Waals surface area contributed by atoms with Crippen LogP contribution in [0.4, 0.5) is 5.82 Å². The molecule has 2 N–H and O–H groups in total. The number of ether oxygens (including phenoxy) is 1. The molecule has 0 aliphatic carbocycles. The number of aromatic nitrogens is 2. The Labute approximate surface area is 121 Å². The largest absolute Gasteiger partial charge is 0.483 e. The maximum atomic E-state index is 12.0. The minimum absolute atomic E-state index is 0.0198. The van der Waals surface area contributed by atoms with Crippen molar-refractivity contribution in [3.8, 4) is 0 Å². The molecule has 0 aromatic carbocycles. The molecule has 0 radical (unpaired) electrons. The molecule has 0 saturated carbocycles. The Morgan fingerprint density at radius 2 is 2.33 bits per heavy atom. The topological polar surface area (TPSA) is 92.9 Å². The highest BCUT2D eigenvalue weighted by atomic mass is 16.5. The monoisotopic (exact) mass is 291 g/mol. The molecule has 21 heavy (non-hydrogen) atoms. The zero-order valence-corrected chi connectivity index (χ0v) is 11.7. The lowest BCUT2D eigenvalue weighted by Crippen LogP contribution is -2.23. The lowest BCUT2D eigenvalue weighted by atomic mass is 10.1. The first-order valence-electron chi connectivity index (χ1n) is 6.57. The third-order valence-electron chi connectivity index (χ3n) is 3.16. The average Bonchev–Trinajstić information content (AvgIpc) is 3.08. The molecule has 0 bridgehead atoms. The van der Waals surface area contributed by atoms with Crippen molar-refractivity contribution >= 4 is 23.8 Å². The van der Waals surface area contributed by atoms with E-state index in [9.17, 15) is 4.79 Å². The van der Waals surface area contributed by atoms with E-state index in [1.54, 1.807) is 0 Å². The number of anilines is 1. The molecule has 1 unspecified atom stereocenters. The standard InChI is InChI=1S/C13H15N3O2.CH2O2/c1-9-7-16-11(14-9)3-2-4-12(16)15-13(17)10-5-6-18-8-10;2-1-3/h2-4,7,10H,5-6,8H2,1H3,(H,15,17);1H,(H,2,3). The third-order valence-corrected chi connectivity index (χ3v) is 3.16. The van der Waals surface area contributed by atoms with Crippen LogP contribution >= 0.6 is 0 Å². The predicted octanol–water partition coefficient (Wildman–Crippen LogP) is 1.32. The van der Waals surface area contributed by atoms with E-state index in [4.69, 9.17) is 14.6 Å². The number of carboxylic acid groups (broad SMARTS) is 1. The van der Waals surface area contributed by atoms with Gasteiger partial charge in [-0.3, -0.25) is 14.0 Å². The molecule has 3 rings (SSSR count). The Bertz CT molecular complexity index is 632. The number of carbonyl (C=O) groups excluding carboxylic acids is 1. The summed E-state index contributed by atoms with van der Waals surface area (Å²) >= 11 is 0. The fourth-order valence-corrected chi connectivity index (χ4v) is 2.20. The lowest BCUT2D eigenvalue weighted by molar-refractivity contribution is -0.123. The van der Waals surface area contributed by atoms with Crippen LogP contribution in [0.25, 0.3) is 5.65 Å². The maximum Gasteiger partial charge on any atom is 0.290 e. The average molecular weight is 291 g/mol. The van der Waals surface area contributed by atoms with Crippen molar-refractivity contribution in [1.82, 2.24) is 9.38 Å². The van der Waals surface area contributed by atoms with Gasteiger partial charge in [-0.2, -0.15) is 0 Å². The predicted molar refractivity (Wildman–Crippen MR) is 76.2 cm³/mol. The van der Waals surface area contributed by atoms with Crippen molar-refractivity contribution < 1.29 is 19.4 Å². The number of nitrogens with zero attached hydrogens (tertiary/aromatic N) is 2. The number of amides is 1. The summed E-state index contributed by atoms with van der Waals surface area (Å²) in [6.07, 6.45) is 2.71. The first-order chi connectivity index (χ1) is 10.2. The molecule has 7 nitrogen and oxygen atoms in total. The quantitative estimate of drug-likeness (QED) is 0.814. The van der Waals surface area contributed by atoms with Gasteiger partial charge in [-0.15, -0.1) is 0 Å². The Balaban J connectivity index is 0.000000497. The van der Waals surface area contributed by atoms with Crippen molar-refractivity contribution in [1.29, 1.82) is 0 Å². The van der Waals surface area contributed by atoms with Crippen LogP contribution in [0.3, 0.4) is 0 Å². The highest BCUT2D eigenvalue weighted by Crippen LogP contribution is 2.17. The van der Waals surface area contributed by atoms with E-state index in [1.807, 2.05) is 35.7 Å². The van der Waals surface area contributed by atoms with E-state index in [-0.39, 0.29) is 18.3 Å². The number of rotatable bonds is 2. The van der Waals surface area contributed by atoms with E-state index < -0.39 is 0 Å². The molecule has 1 aliphatic rings. The summed E-state index contributed by atoms with van der Waals surface area (Å²) in [6.45, 7) is 2.88. The smallest absolute Gasteiger partial charge is 0.290 e. The first-order valence-corrected chi connectivity index (χ1v) is 6.57. The zero-order valence-electron chi connectivity index (χ0n) is 11.7.